The van der Waals surface area contributed by atoms with E-state index >= 15 is 0 Å². The molecule has 1 aliphatic carbocycles. The predicted octanol–water partition coefficient (Wildman–Crippen LogP) is 3.52. The zero-order valence-corrected chi connectivity index (χ0v) is 18.5. The molecule has 0 fully saturated rings. The third-order valence-corrected chi connectivity index (χ3v) is 7.11. The fraction of sp³-hybridized carbons (Fsp3) is 0.273. The summed E-state index contributed by atoms with van der Waals surface area (Å²) in [6, 6.07) is 8.05. The van der Waals surface area contributed by atoms with E-state index in [9.17, 15) is 18.0 Å². The molecule has 0 radical (unpaired) electrons. The standard InChI is InChI=1S/C22H20ClNO6S/c1-12-6-8-14(9-7-12)31(27,28)24-13(2)21(25)30-20-11-19-17(10-18(20)23)15-4-3-5-16(15)22(26)29-19/h6-11,13,24H,3-5H2,1-2H3. The Bertz CT molecular complexity index is 1350. The highest BCUT2D eigenvalue weighted by molar-refractivity contribution is 7.89. The zero-order valence-electron chi connectivity index (χ0n) is 16.9. The molecule has 4 rings (SSSR count). The van der Waals surface area contributed by atoms with Crippen molar-refractivity contribution < 1.29 is 22.4 Å². The molecule has 1 heterocycles. The summed E-state index contributed by atoms with van der Waals surface area (Å²) >= 11 is 6.30. The molecule has 1 unspecified atom stereocenters. The Kier molecular flexibility index (Phi) is 5.63. The van der Waals surface area contributed by atoms with Crippen LogP contribution >= 0.6 is 11.6 Å². The van der Waals surface area contributed by atoms with E-state index in [1.807, 2.05) is 6.92 Å². The van der Waals surface area contributed by atoms with Crippen molar-refractivity contribution in [1.29, 1.82) is 0 Å². The van der Waals surface area contributed by atoms with Crippen molar-refractivity contribution in [1.82, 2.24) is 4.72 Å². The van der Waals surface area contributed by atoms with Crippen molar-refractivity contribution >= 4 is 38.6 Å². The van der Waals surface area contributed by atoms with Gasteiger partial charge in [-0.2, -0.15) is 4.72 Å². The Morgan fingerprint density at radius 2 is 1.84 bits per heavy atom. The molecule has 0 bridgehead atoms. The minimum atomic E-state index is -3.91. The number of esters is 1. The second-order valence-corrected chi connectivity index (χ2v) is 9.68. The van der Waals surface area contributed by atoms with Crippen LogP contribution in [0.4, 0.5) is 0 Å². The van der Waals surface area contributed by atoms with Crippen molar-refractivity contribution in [3.63, 3.8) is 0 Å². The van der Waals surface area contributed by atoms with Gasteiger partial charge in [0.05, 0.1) is 9.92 Å². The molecule has 7 nitrogen and oxygen atoms in total. The van der Waals surface area contributed by atoms with E-state index in [4.69, 9.17) is 20.8 Å². The van der Waals surface area contributed by atoms with Gasteiger partial charge in [-0.1, -0.05) is 29.3 Å². The lowest BCUT2D eigenvalue weighted by Gasteiger charge is -2.15. The molecule has 1 atom stereocenters. The molecule has 31 heavy (non-hydrogen) atoms. The fourth-order valence-electron chi connectivity index (χ4n) is 3.62. The van der Waals surface area contributed by atoms with Crippen molar-refractivity contribution in [2.45, 2.75) is 44.0 Å². The maximum Gasteiger partial charge on any atom is 0.339 e. The Labute approximate surface area is 184 Å². The zero-order chi connectivity index (χ0) is 22.3. The summed E-state index contributed by atoms with van der Waals surface area (Å²) in [7, 11) is -3.91. The number of aryl methyl sites for hydroxylation is 2. The first-order valence-electron chi connectivity index (χ1n) is 9.74. The van der Waals surface area contributed by atoms with Crippen LogP contribution in [0.2, 0.25) is 5.02 Å². The molecule has 9 heteroatoms. The van der Waals surface area contributed by atoms with Gasteiger partial charge in [0.25, 0.3) is 0 Å². The summed E-state index contributed by atoms with van der Waals surface area (Å²) < 4.78 is 38.0. The average Bonchev–Trinajstić information content (AvgIpc) is 3.20. The van der Waals surface area contributed by atoms with Crippen molar-refractivity contribution in [2.75, 3.05) is 0 Å². The monoisotopic (exact) mass is 461 g/mol. The normalized spacial score (nSPS) is 14.4. The largest absolute Gasteiger partial charge is 0.424 e. The summed E-state index contributed by atoms with van der Waals surface area (Å²) in [5.74, 6) is -0.859. The van der Waals surface area contributed by atoms with Crippen molar-refractivity contribution in [3.8, 4) is 5.75 Å². The van der Waals surface area contributed by atoms with E-state index in [-0.39, 0.29) is 21.3 Å². The van der Waals surface area contributed by atoms with Gasteiger partial charge < -0.3 is 9.15 Å². The Morgan fingerprint density at radius 1 is 1.16 bits per heavy atom. The van der Waals surface area contributed by atoms with Crippen molar-refractivity contribution in [3.05, 3.63) is 68.5 Å². The van der Waals surface area contributed by atoms with Crippen LogP contribution in [0.15, 0.2) is 50.5 Å². The third-order valence-electron chi connectivity index (χ3n) is 5.25. The number of fused-ring (bicyclic) bond motifs is 3. The molecule has 2 aromatic carbocycles. The van der Waals surface area contributed by atoms with Crippen LogP contribution in [0.1, 0.15) is 30.0 Å². The summed E-state index contributed by atoms with van der Waals surface area (Å²) in [5.41, 5.74) is 2.34. The molecule has 0 saturated carbocycles. The molecular weight excluding hydrogens is 442 g/mol. The molecule has 162 valence electrons. The first-order chi connectivity index (χ1) is 14.7. The number of nitrogens with one attached hydrogen (secondary N) is 1. The maximum atomic E-state index is 12.5. The number of sulfonamides is 1. The summed E-state index contributed by atoms with van der Waals surface area (Å²) in [5, 5.41) is 0.877. The number of carbonyl (C=O) groups excluding carboxylic acids is 1. The smallest absolute Gasteiger partial charge is 0.339 e. The molecule has 1 N–H and O–H groups in total. The minimum absolute atomic E-state index is 0.0124. The van der Waals surface area contributed by atoms with Gasteiger partial charge in [0, 0.05) is 17.0 Å². The average molecular weight is 462 g/mol. The lowest BCUT2D eigenvalue weighted by atomic mass is 10.1. The predicted molar refractivity (Wildman–Crippen MR) is 116 cm³/mol. The third kappa shape index (κ3) is 4.23. The number of hydrogen-bond donors (Lipinski definition) is 1. The van der Waals surface area contributed by atoms with Crippen LogP contribution in [0.5, 0.6) is 5.75 Å². The Hall–Kier alpha value is -2.68. The van der Waals surface area contributed by atoms with E-state index in [1.54, 1.807) is 18.2 Å². The highest BCUT2D eigenvalue weighted by atomic mass is 35.5. The van der Waals surface area contributed by atoms with Gasteiger partial charge in [0.1, 0.15) is 11.6 Å². The Morgan fingerprint density at radius 3 is 2.55 bits per heavy atom. The lowest BCUT2D eigenvalue weighted by Crippen LogP contribution is -2.40. The van der Waals surface area contributed by atoms with Crippen LogP contribution in [0, 0.1) is 6.92 Å². The molecule has 0 amide bonds. The van der Waals surface area contributed by atoms with Gasteiger partial charge in [-0.15, -0.1) is 0 Å². The number of rotatable bonds is 5. The van der Waals surface area contributed by atoms with Crippen LogP contribution in [0.3, 0.4) is 0 Å². The Balaban J connectivity index is 1.56. The summed E-state index contributed by atoms with van der Waals surface area (Å²) in [4.78, 5) is 24.7. The highest BCUT2D eigenvalue weighted by Gasteiger charge is 2.25. The summed E-state index contributed by atoms with van der Waals surface area (Å²) in [6.45, 7) is 3.21. The molecule has 0 spiro atoms. The second kappa shape index (κ2) is 8.11. The molecule has 3 aromatic rings. The van der Waals surface area contributed by atoms with E-state index in [0.717, 1.165) is 24.0 Å². The quantitative estimate of drug-likeness (QED) is 0.354. The van der Waals surface area contributed by atoms with Gasteiger partial charge in [0.15, 0.2) is 5.75 Å². The van der Waals surface area contributed by atoms with E-state index in [0.29, 0.717) is 17.4 Å². The topological polar surface area (TPSA) is 103 Å². The first kappa shape index (κ1) is 21.5. The number of benzene rings is 2. The molecule has 0 saturated heterocycles. The van der Waals surface area contributed by atoms with Crippen molar-refractivity contribution in [2.24, 2.45) is 0 Å². The number of carbonyl (C=O) groups is 1. The minimum Gasteiger partial charge on any atom is -0.424 e. The second-order valence-electron chi connectivity index (χ2n) is 7.56. The van der Waals surface area contributed by atoms with Crippen LogP contribution in [-0.2, 0) is 27.7 Å². The molecule has 1 aliphatic rings. The lowest BCUT2D eigenvalue weighted by molar-refractivity contribution is -0.135. The summed E-state index contributed by atoms with van der Waals surface area (Å²) in [6.07, 6.45) is 2.29. The maximum absolute atomic E-state index is 12.5. The van der Waals surface area contributed by atoms with Gasteiger partial charge in [0.2, 0.25) is 10.0 Å². The van der Waals surface area contributed by atoms with Crippen LogP contribution in [-0.4, -0.2) is 20.4 Å². The molecule has 1 aromatic heterocycles. The first-order valence-corrected chi connectivity index (χ1v) is 11.6. The molecule has 0 aliphatic heterocycles. The SMILES string of the molecule is Cc1ccc(S(=O)(=O)NC(C)C(=O)Oc2cc3oc(=O)c4c(c3cc2Cl)CCC4)cc1. The van der Waals surface area contributed by atoms with E-state index in [1.165, 1.54) is 25.1 Å². The van der Waals surface area contributed by atoms with Crippen LogP contribution in [0.25, 0.3) is 11.0 Å². The highest BCUT2D eigenvalue weighted by Crippen LogP contribution is 2.34. The van der Waals surface area contributed by atoms with E-state index < -0.39 is 27.7 Å². The molecular formula is C22H20ClNO6S. The van der Waals surface area contributed by atoms with E-state index in [2.05, 4.69) is 4.72 Å². The van der Waals surface area contributed by atoms with Gasteiger partial charge in [-0.05, 0) is 56.9 Å². The number of hydrogen-bond acceptors (Lipinski definition) is 6. The number of halogens is 1. The van der Waals surface area contributed by atoms with Gasteiger partial charge in [-0.3, -0.25) is 0 Å². The van der Waals surface area contributed by atoms with Gasteiger partial charge in [-0.25, -0.2) is 18.0 Å². The van der Waals surface area contributed by atoms with Gasteiger partial charge >= 0.3 is 11.6 Å². The number of ether oxygens (including phenoxy) is 1. The fourth-order valence-corrected chi connectivity index (χ4v) is 5.02. The van der Waals surface area contributed by atoms with Crippen LogP contribution < -0.4 is 15.1 Å².